The van der Waals surface area contributed by atoms with Crippen LogP contribution in [0.1, 0.15) is 15.9 Å². The Hall–Kier alpha value is -2.18. The number of rotatable bonds is 5. The van der Waals surface area contributed by atoms with Crippen molar-refractivity contribution < 1.29 is 9.59 Å². The summed E-state index contributed by atoms with van der Waals surface area (Å²) in [6.07, 6.45) is 1.51. The van der Waals surface area contributed by atoms with Crippen LogP contribution in [0, 0.1) is 0 Å². The number of halogens is 2. The molecule has 0 fully saturated rings. The number of hydrogen-bond acceptors (Lipinski definition) is 3. The summed E-state index contributed by atoms with van der Waals surface area (Å²) >= 11 is 9.28. The largest absolute Gasteiger partial charge is 0.343 e. The monoisotopic (exact) mass is 393 g/mol. The van der Waals surface area contributed by atoms with E-state index in [1.165, 1.54) is 6.21 Å². The quantitative estimate of drug-likeness (QED) is 0.604. The zero-order valence-electron chi connectivity index (χ0n) is 11.9. The molecule has 0 atom stereocenters. The Kier molecular flexibility index (Phi) is 6.31. The minimum Gasteiger partial charge on any atom is -0.343 e. The van der Waals surface area contributed by atoms with E-state index < -0.39 is 11.8 Å². The van der Waals surface area contributed by atoms with Gasteiger partial charge in [0, 0.05) is 10.0 Å². The summed E-state index contributed by atoms with van der Waals surface area (Å²) in [5.41, 5.74) is 3.49. The molecular formula is C16H13BrClN3O2. The standard InChI is InChI=1S/C16H13BrClN3O2/c17-13-7-3-1-5-11(13)9-20-21-15(22)10-19-16(23)12-6-2-4-8-14(12)18/h1-9H,10H2,(H,19,23)(H,21,22)/b20-9-. The molecule has 0 heterocycles. The predicted molar refractivity (Wildman–Crippen MR) is 93.7 cm³/mol. The molecule has 7 heteroatoms. The number of carbonyl (C=O) groups is 2. The maximum Gasteiger partial charge on any atom is 0.259 e. The van der Waals surface area contributed by atoms with E-state index in [2.05, 4.69) is 31.8 Å². The normalized spacial score (nSPS) is 10.5. The molecule has 0 aliphatic rings. The Bertz CT molecular complexity index is 750. The SMILES string of the molecule is O=C(CNC(=O)c1ccccc1Cl)N/N=C\c1ccccc1Br. The van der Waals surface area contributed by atoms with E-state index in [4.69, 9.17) is 11.6 Å². The summed E-state index contributed by atoms with van der Waals surface area (Å²) in [6.45, 7) is -0.197. The van der Waals surface area contributed by atoms with Crippen molar-refractivity contribution in [3.05, 3.63) is 69.2 Å². The molecule has 0 saturated carbocycles. The van der Waals surface area contributed by atoms with Gasteiger partial charge in [0.25, 0.3) is 11.8 Å². The van der Waals surface area contributed by atoms with Gasteiger partial charge in [-0.2, -0.15) is 5.10 Å². The van der Waals surface area contributed by atoms with Gasteiger partial charge in [0.05, 0.1) is 23.3 Å². The molecule has 2 amide bonds. The third-order valence-electron chi connectivity index (χ3n) is 2.83. The summed E-state index contributed by atoms with van der Waals surface area (Å²) in [5, 5.41) is 6.65. The van der Waals surface area contributed by atoms with Gasteiger partial charge >= 0.3 is 0 Å². The van der Waals surface area contributed by atoms with Crippen LogP contribution in [-0.4, -0.2) is 24.6 Å². The lowest BCUT2D eigenvalue weighted by atomic mass is 10.2. The van der Waals surface area contributed by atoms with E-state index in [1.807, 2.05) is 24.3 Å². The maximum absolute atomic E-state index is 11.9. The molecule has 0 radical (unpaired) electrons. The van der Waals surface area contributed by atoms with Crippen LogP contribution in [0.3, 0.4) is 0 Å². The zero-order chi connectivity index (χ0) is 16.7. The Labute approximate surface area is 146 Å². The Morgan fingerprint density at radius 3 is 2.57 bits per heavy atom. The fourth-order valence-electron chi connectivity index (χ4n) is 1.69. The molecule has 23 heavy (non-hydrogen) atoms. The van der Waals surface area contributed by atoms with E-state index in [1.54, 1.807) is 24.3 Å². The molecule has 0 bridgehead atoms. The second-order valence-corrected chi connectivity index (χ2v) is 5.74. The van der Waals surface area contributed by atoms with Crippen LogP contribution in [-0.2, 0) is 4.79 Å². The minimum absolute atomic E-state index is 0.197. The van der Waals surface area contributed by atoms with E-state index >= 15 is 0 Å². The number of nitrogens with zero attached hydrogens (tertiary/aromatic N) is 1. The van der Waals surface area contributed by atoms with Gasteiger partial charge in [0.2, 0.25) is 0 Å². The van der Waals surface area contributed by atoms with E-state index in [0.29, 0.717) is 10.6 Å². The lowest BCUT2D eigenvalue weighted by molar-refractivity contribution is -0.120. The topological polar surface area (TPSA) is 70.6 Å². The van der Waals surface area contributed by atoms with Crippen LogP contribution >= 0.6 is 27.5 Å². The summed E-state index contributed by atoms with van der Waals surface area (Å²) in [6, 6.07) is 14.1. The maximum atomic E-state index is 11.9. The van der Waals surface area contributed by atoms with Gasteiger partial charge in [0.1, 0.15) is 0 Å². The summed E-state index contributed by atoms with van der Waals surface area (Å²) in [5.74, 6) is -0.853. The van der Waals surface area contributed by atoms with Crippen molar-refractivity contribution in [1.29, 1.82) is 0 Å². The molecule has 0 spiro atoms. The van der Waals surface area contributed by atoms with Gasteiger partial charge in [-0.15, -0.1) is 0 Å². The van der Waals surface area contributed by atoms with Gasteiger partial charge < -0.3 is 5.32 Å². The second-order valence-electron chi connectivity index (χ2n) is 4.48. The Morgan fingerprint density at radius 1 is 1.13 bits per heavy atom. The molecule has 0 aliphatic carbocycles. The molecule has 2 aromatic carbocycles. The van der Waals surface area contributed by atoms with Crippen LogP contribution in [0.2, 0.25) is 5.02 Å². The average molecular weight is 395 g/mol. The molecule has 2 N–H and O–H groups in total. The molecule has 0 saturated heterocycles. The molecule has 2 rings (SSSR count). The van der Waals surface area contributed by atoms with Crippen molar-refractivity contribution in [2.75, 3.05) is 6.54 Å². The predicted octanol–water partition coefficient (Wildman–Crippen LogP) is 2.98. The molecule has 0 aromatic heterocycles. The molecule has 5 nitrogen and oxygen atoms in total. The van der Waals surface area contributed by atoms with Crippen molar-refractivity contribution in [3.8, 4) is 0 Å². The summed E-state index contributed by atoms with van der Waals surface area (Å²) in [4.78, 5) is 23.5. The zero-order valence-corrected chi connectivity index (χ0v) is 14.3. The minimum atomic E-state index is -0.436. The van der Waals surface area contributed by atoms with E-state index in [9.17, 15) is 9.59 Å². The molecule has 2 aromatic rings. The van der Waals surface area contributed by atoms with Gasteiger partial charge in [-0.1, -0.05) is 57.9 Å². The summed E-state index contributed by atoms with van der Waals surface area (Å²) in [7, 11) is 0. The van der Waals surface area contributed by atoms with Crippen molar-refractivity contribution in [2.45, 2.75) is 0 Å². The van der Waals surface area contributed by atoms with Gasteiger partial charge in [-0.3, -0.25) is 9.59 Å². The first-order valence-corrected chi connectivity index (χ1v) is 7.84. The average Bonchev–Trinajstić information content (AvgIpc) is 2.55. The number of hydrogen-bond donors (Lipinski definition) is 2. The fraction of sp³-hybridized carbons (Fsp3) is 0.0625. The highest BCUT2D eigenvalue weighted by atomic mass is 79.9. The van der Waals surface area contributed by atoms with E-state index in [0.717, 1.165) is 10.0 Å². The fourth-order valence-corrected chi connectivity index (χ4v) is 2.30. The molecule has 0 aliphatic heterocycles. The first-order chi connectivity index (χ1) is 11.1. The summed E-state index contributed by atoms with van der Waals surface area (Å²) < 4.78 is 0.866. The third kappa shape index (κ3) is 5.19. The van der Waals surface area contributed by atoms with Crippen molar-refractivity contribution in [1.82, 2.24) is 10.7 Å². The van der Waals surface area contributed by atoms with Crippen LogP contribution in [0.4, 0.5) is 0 Å². The van der Waals surface area contributed by atoms with Gasteiger partial charge in [-0.05, 0) is 18.2 Å². The van der Waals surface area contributed by atoms with Crippen molar-refractivity contribution in [3.63, 3.8) is 0 Å². The Balaban J connectivity index is 1.83. The highest BCUT2D eigenvalue weighted by Crippen LogP contribution is 2.14. The van der Waals surface area contributed by atoms with Crippen molar-refractivity contribution in [2.24, 2.45) is 5.10 Å². The lowest BCUT2D eigenvalue weighted by Crippen LogP contribution is -2.35. The smallest absolute Gasteiger partial charge is 0.259 e. The number of amides is 2. The number of carbonyl (C=O) groups excluding carboxylic acids is 2. The van der Waals surface area contributed by atoms with Crippen LogP contribution in [0.15, 0.2) is 58.1 Å². The van der Waals surface area contributed by atoms with Crippen LogP contribution < -0.4 is 10.7 Å². The van der Waals surface area contributed by atoms with Gasteiger partial charge in [-0.25, -0.2) is 5.43 Å². The highest BCUT2D eigenvalue weighted by molar-refractivity contribution is 9.10. The molecular weight excluding hydrogens is 382 g/mol. The highest BCUT2D eigenvalue weighted by Gasteiger charge is 2.10. The number of benzene rings is 2. The van der Waals surface area contributed by atoms with E-state index in [-0.39, 0.29) is 6.54 Å². The van der Waals surface area contributed by atoms with Crippen molar-refractivity contribution >= 4 is 45.6 Å². The third-order valence-corrected chi connectivity index (χ3v) is 3.88. The van der Waals surface area contributed by atoms with Crippen LogP contribution in [0.25, 0.3) is 0 Å². The molecule has 118 valence electrons. The lowest BCUT2D eigenvalue weighted by Gasteiger charge is -2.05. The molecule has 0 unspecified atom stereocenters. The number of hydrazone groups is 1. The Morgan fingerprint density at radius 2 is 1.83 bits per heavy atom. The first-order valence-electron chi connectivity index (χ1n) is 6.67. The van der Waals surface area contributed by atoms with Crippen LogP contribution in [0.5, 0.6) is 0 Å². The van der Waals surface area contributed by atoms with Gasteiger partial charge in [0.15, 0.2) is 0 Å². The number of nitrogens with one attached hydrogen (secondary N) is 2. The first kappa shape index (κ1) is 17.2. The second kappa shape index (κ2) is 8.45.